The van der Waals surface area contributed by atoms with Crippen molar-refractivity contribution in [3.05, 3.63) is 48.0 Å². The van der Waals surface area contributed by atoms with Gasteiger partial charge in [-0.3, -0.25) is 0 Å². The minimum Gasteiger partial charge on any atom is -0.335 e. The first kappa shape index (κ1) is 14.6. The topological polar surface area (TPSA) is 71.8 Å². The smallest absolute Gasteiger partial charge is 0.315 e. The summed E-state index contributed by atoms with van der Waals surface area (Å²) in [6.45, 7) is 3.22. The molecule has 1 aliphatic carbocycles. The SMILES string of the molecule is CC(NC(=O)NCc1ccccc1Cn1cncn1)C1CC1. The van der Waals surface area contributed by atoms with E-state index in [9.17, 15) is 4.79 Å². The number of carbonyl (C=O) groups is 1. The van der Waals surface area contributed by atoms with Gasteiger partial charge in [0.1, 0.15) is 12.7 Å². The van der Waals surface area contributed by atoms with Crippen LogP contribution in [0.5, 0.6) is 0 Å². The zero-order valence-electron chi connectivity index (χ0n) is 12.7. The monoisotopic (exact) mass is 299 g/mol. The van der Waals surface area contributed by atoms with Gasteiger partial charge >= 0.3 is 6.03 Å². The lowest BCUT2D eigenvalue weighted by atomic mass is 10.1. The number of urea groups is 1. The number of carbonyl (C=O) groups excluding carboxylic acids is 1. The fourth-order valence-corrected chi connectivity index (χ4v) is 2.52. The van der Waals surface area contributed by atoms with Crippen LogP contribution in [0.3, 0.4) is 0 Å². The molecule has 1 aliphatic rings. The van der Waals surface area contributed by atoms with Gasteiger partial charge in [0.05, 0.1) is 6.54 Å². The lowest BCUT2D eigenvalue weighted by Gasteiger charge is -2.15. The van der Waals surface area contributed by atoms with Crippen molar-refractivity contribution < 1.29 is 4.79 Å². The Bertz CT molecular complexity index is 621. The maximum Gasteiger partial charge on any atom is 0.315 e. The highest BCUT2D eigenvalue weighted by Crippen LogP contribution is 2.32. The van der Waals surface area contributed by atoms with Crippen LogP contribution in [0.2, 0.25) is 0 Å². The van der Waals surface area contributed by atoms with E-state index in [2.05, 4.69) is 27.6 Å². The molecule has 0 bridgehead atoms. The summed E-state index contributed by atoms with van der Waals surface area (Å²) in [6, 6.07) is 8.19. The van der Waals surface area contributed by atoms with Gasteiger partial charge < -0.3 is 10.6 Å². The highest BCUT2D eigenvalue weighted by atomic mass is 16.2. The Morgan fingerprint density at radius 3 is 2.82 bits per heavy atom. The first-order chi connectivity index (χ1) is 10.7. The molecule has 116 valence electrons. The molecule has 2 N–H and O–H groups in total. The lowest BCUT2D eigenvalue weighted by molar-refractivity contribution is 0.236. The number of benzene rings is 1. The Morgan fingerprint density at radius 1 is 1.36 bits per heavy atom. The average Bonchev–Trinajstić information content (AvgIpc) is 3.25. The van der Waals surface area contributed by atoms with Gasteiger partial charge in [0.15, 0.2) is 0 Å². The maximum atomic E-state index is 11.9. The fourth-order valence-electron chi connectivity index (χ4n) is 2.52. The highest BCUT2D eigenvalue weighted by molar-refractivity contribution is 5.74. The van der Waals surface area contributed by atoms with E-state index in [1.807, 2.05) is 24.3 Å². The third kappa shape index (κ3) is 3.84. The Morgan fingerprint density at radius 2 is 2.14 bits per heavy atom. The Kier molecular flexibility index (Phi) is 4.37. The third-order valence-electron chi connectivity index (χ3n) is 4.04. The molecule has 0 saturated heterocycles. The van der Waals surface area contributed by atoms with Crippen molar-refractivity contribution >= 4 is 6.03 Å². The number of nitrogens with zero attached hydrogens (tertiary/aromatic N) is 3. The van der Waals surface area contributed by atoms with E-state index in [0.29, 0.717) is 19.0 Å². The van der Waals surface area contributed by atoms with Gasteiger partial charge in [0.2, 0.25) is 0 Å². The second-order valence-corrected chi connectivity index (χ2v) is 5.81. The van der Waals surface area contributed by atoms with Gasteiger partial charge in [-0.2, -0.15) is 5.10 Å². The van der Waals surface area contributed by atoms with Crippen LogP contribution in [0.1, 0.15) is 30.9 Å². The molecule has 22 heavy (non-hydrogen) atoms. The molecule has 0 radical (unpaired) electrons. The molecule has 6 nitrogen and oxygen atoms in total. The van der Waals surface area contributed by atoms with E-state index >= 15 is 0 Å². The third-order valence-corrected chi connectivity index (χ3v) is 4.04. The van der Waals surface area contributed by atoms with Gasteiger partial charge in [0.25, 0.3) is 0 Å². The Balaban J connectivity index is 1.56. The molecule has 1 aromatic heterocycles. The molecule has 6 heteroatoms. The van der Waals surface area contributed by atoms with E-state index in [4.69, 9.17) is 0 Å². The quantitative estimate of drug-likeness (QED) is 0.856. The van der Waals surface area contributed by atoms with Gasteiger partial charge in [-0.1, -0.05) is 24.3 Å². The fraction of sp³-hybridized carbons (Fsp3) is 0.438. The molecule has 2 amide bonds. The van der Waals surface area contributed by atoms with Crippen LogP contribution in [0.4, 0.5) is 4.79 Å². The predicted octanol–water partition coefficient (Wildman–Crippen LogP) is 1.92. The number of nitrogens with one attached hydrogen (secondary N) is 2. The molecule has 1 heterocycles. The molecular formula is C16H21N5O. The summed E-state index contributed by atoms with van der Waals surface area (Å²) in [5.74, 6) is 0.658. The number of hydrogen-bond acceptors (Lipinski definition) is 3. The maximum absolute atomic E-state index is 11.9. The molecular weight excluding hydrogens is 278 g/mol. The summed E-state index contributed by atoms with van der Waals surface area (Å²) in [5.41, 5.74) is 2.22. The van der Waals surface area contributed by atoms with Crippen molar-refractivity contribution in [3.8, 4) is 0 Å². The molecule has 0 aliphatic heterocycles. The molecule has 1 atom stereocenters. The number of rotatable bonds is 6. The molecule has 3 rings (SSSR count). The zero-order valence-corrected chi connectivity index (χ0v) is 12.7. The van der Waals surface area contributed by atoms with Gasteiger partial charge in [-0.05, 0) is 36.8 Å². The summed E-state index contributed by atoms with van der Waals surface area (Å²) in [5, 5.41) is 10.1. The summed E-state index contributed by atoms with van der Waals surface area (Å²) in [6.07, 6.45) is 5.66. The van der Waals surface area contributed by atoms with E-state index < -0.39 is 0 Å². The number of amides is 2. The van der Waals surface area contributed by atoms with Gasteiger partial charge in [0, 0.05) is 12.6 Å². The largest absolute Gasteiger partial charge is 0.335 e. The standard InChI is InChI=1S/C16H21N5O/c1-12(13-6-7-13)20-16(22)18-8-14-4-2-3-5-15(14)9-21-11-17-10-19-21/h2-5,10-13H,6-9H2,1H3,(H2,18,20,22). The zero-order chi connectivity index (χ0) is 15.4. The molecule has 1 fully saturated rings. The molecule has 1 unspecified atom stereocenters. The summed E-state index contributed by atoms with van der Waals surface area (Å²) < 4.78 is 1.77. The molecule has 1 aromatic carbocycles. The minimum atomic E-state index is -0.102. The van der Waals surface area contributed by atoms with Crippen molar-refractivity contribution in [2.24, 2.45) is 5.92 Å². The van der Waals surface area contributed by atoms with E-state index in [1.54, 1.807) is 11.0 Å². The second kappa shape index (κ2) is 6.60. The Labute approximate surface area is 129 Å². The summed E-state index contributed by atoms with van der Waals surface area (Å²) >= 11 is 0. The van der Waals surface area contributed by atoms with E-state index in [1.165, 1.54) is 19.2 Å². The van der Waals surface area contributed by atoms with E-state index in [-0.39, 0.29) is 12.1 Å². The number of aromatic nitrogens is 3. The van der Waals surface area contributed by atoms with Crippen LogP contribution in [0.25, 0.3) is 0 Å². The molecule has 2 aromatic rings. The van der Waals surface area contributed by atoms with Gasteiger partial charge in [-0.15, -0.1) is 0 Å². The van der Waals surface area contributed by atoms with Crippen LogP contribution >= 0.6 is 0 Å². The summed E-state index contributed by atoms with van der Waals surface area (Å²) in [4.78, 5) is 15.9. The van der Waals surface area contributed by atoms with Crippen LogP contribution in [0.15, 0.2) is 36.9 Å². The highest BCUT2D eigenvalue weighted by Gasteiger charge is 2.28. The second-order valence-electron chi connectivity index (χ2n) is 5.81. The first-order valence-corrected chi connectivity index (χ1v) is 7.66. The molecule has 1 saturated carbocycles. The Hall–Kier alpha value is -2.37. The minimum absolute atomic E-state index is 0.102. The van der Waals surface area contributed by atoms with Crippen molar-refractivity contribution in [3.63, 3.8) is 0 Å². The van der Waals surface area contributed by atoms with Crippen molar-refractivity contribution in [1.29, 1.82) is 0 Å². The first-order valence-electron chi connectivity index (χ1n) is 7.66. The summed E-state index contributed by atoms with van der Waals surface area (Å²) in [7, 11) is 0. The van der Waals surface area contributed by atoms with Crippen LogP contribution in [-0.4, -0.2) is 26.8 Å². The van der Waals surface area contributed by atoms with Crippen LogP contribution < -0.4 is 10.6 Å². The van der Waals surface area contributed by atoms with Crippen LogP contribution in [-0.2, 0) is 13.1 Å². The lowest BCUT2D eigenvalue weighted by Crippen LogP contribution is -2.41. The van der Waals surface area contributed by atoms with Crippen molar-refractivity contribution in [2.75, 3.05) is 0 Å². The predicted molar refractivity (Wildman–Crippen MR) is 83.1 cm³/mol. The van der Waals surface area contributed by atoms with Gasteiger partial charge in [-0.25, -0.2) is 14.5 Å². The molecule has 0 spiro atoms. The number of hydrogen-bond donors (Lipinski definition) is 2. The van der Waals surface area contributed by atoms with Crippen LogP contribution in [0, 0.1) is 5.92 Å². The average molecular weight is 299 g/mol. The van der Waals surface area contributed by atoms with Crippen molar-refractivity contribution in [1.82, 2.24) is 25.4 Å². The normalized spacial score (nSPS) is 15.3. The van der Waals surface area contributed by atoms with E-state index in [0.717, 1.165) is 11.1 Å². The van der Waals surface area contributed by atoms with Crippen molar-refractivity contribution in [2.45, 2.75) is 38.9 Å².